The van der Waals surface area contributed by atoms with E-state index >= 15 is 0 Å². The zero-order valence-electron chi connectivity index (χ0n) is 13.6. The van der Waals surface area contributed by atoms with Crippen molar-refractivity contribution in [2.75, 3.05) is 18.7 Å². The molecule has 4 heterocycles. The highest BCUT2D eigenvalue weighted by Gasteiger charge is 2.68. The Morgan fingerprint density at radius 1 is 1.25 bits per heavy atom. The molecule has 124 valence electrons. The van der Waals surface area contributed by atoms with Gasteiger partial charge in [0.15, 0.2) is 0 Å². The van der Waals surface area contributed by atoms with Gasteiger partial charge in [0.2, 0.25) is 0 Å². The lowest BCUT2D eigenvalue weighted by Crippen LogP contribution is -2.41. The van der Waals surface area contributed by atoms with Crippen molar-refractivity contribution in [1.82, 2.24) is 9.47 Å². The molecule has 1 aromatic heterocycles. The minimum absolute atomic E-state index is 0.0653. The number of hydrogen-bond donors (Lipinski definition) is 0. The number of nitrogens with zero attached hydrogens (tertiary/aromatic N) is 2. The summed E-state index contributed by atoms with van der Waals surface area (Å²) in [6, 6.07) is 15.3. The molecular weight excluding hydrogens is 320 g/mol. The van der Waals surface area contributed by atoms with Crippen LogP contribution in [0.15, 0.2) is 48.7 Å². The van der Waals surface area contributed by atoms with Crippen molar-refractivity contribution in [3.05, 3.63) is 59.9 Å². The molecule has 1 aromatic carbocycles. The van der Waals surface area contributed by atoms with Crippen LogP contribution in [0.5, 0.6) is 0 Å². The SMILES string of the molecule is COC(=O)[C@@]12Cn3cccc3[C@@H]1N1CSCC1[C@H]2c1ccccc1. The van der Waals surface area contributed by atoms with Crippen LogP contribution in [-0.4, -0.2) is 40.2 Å². The van der Waals surface area contributed by atoms with Gasteiger partial charge in [-0.2, -0.15) is 0 Å². The number of methoxy groups -OCH3 is 1. The quantitative estimate of drug-likeness (QED) is 0.788. The number of benzene rings is 1. The van der Waals surface area contributed by atoms with Crippen molar-refractivity contribution in [3.63, 3.8) is 0 Å². The van der Waals surface area contributed by atoms with Crippen LogP contribution in [0.2, 0.25) is 0 Å². The average Bonchev–Trinajstić information content (AvgIpc) is 3.33. The van der Waals surface area contributed by atoms with Crippen LogP contribution in [0.1, 0.15) is 23.2 Å². The maximum atomic E-state index is 13.1. The van der Waals surface area contributed by atoms with Gasteiger partial charge in [0.25, 0.3) is 0 Å². The molecule has 2 aromatic rings. The number of rotatable bonds is 2. The van der Waals surface area contributed by atoms with Gasteiger partial charge >= 0.3 is 5.97 Å². The fourth-order valence-electron chi connectivity index (χ4n) is 5.23. The Hall–Kier alpha value is -1.72. The van der Waals surface area contributed by atoms with Crippen molar-refractivity contribution < 1.29 is 9.53 Å². The monoisotopic (exact) mass is 340 g/mol. The van der Waals surface area contributed by atoms with Gasteiger partial charge < -0.3 is 9.30 Å². The summed E-state index contributed by atoms with van der Waals surface area (Å²) < 4.78 is 7.62. The normalized spacial score (nSPS) is 34.0. The molecule has 5 rings (SSSR count). The van der Waals surface area contributed by atoms with Gasteiger partial charge in [-0.05, 0) is 17.7 Å². The fourth-order valence-corrected chi connectivity index (χ4v) is 6.51. The molecule has 0 amide bonds. The Balaban J connectivity index is 1.74. The molecule has 24 heavy (non-hydrogen) atoms. The van der Waals surface area contributed by atoms with E-state index in [2.05, 4.69) is 52.1 Å². The molecule has 0 saturated carbocycles. The summed E-state index contributed by atoms with van der Waals surface area (Å²) in [5, 5.41) is 0. The largest absolute Gasteiger partial charge is 0.468 e. The number of hydrogen-bond acceptors (Lipinski definition) is 4. The first kappa shape index (κ1) is 14.6. The third-order valence-electron chi connectivity index (χ3n) is 6.02. The van der Waals surface area contributed by atoms with E-state index in [1.807, 2.05) is 17.8 Å². The van der Waals surface area contributed by atoms with Gasteiger partial charge in [0, 0.05) is 42.0 Å². The molecule has 4 atom stereocenters. The highest BCUT2D eigenvalue weighted by Crippen LogP contribution is 2.64. The minimum atomic E-state index is -0.516. The fraction of sp³-hybridized carbons (Fsp3) is 0.421. The first-order valence-electron chi connectivity index (χ1n) is 8.39. The molecule has 0 radical (unpaired) electrons. The van der Waals surface area contributed by atoms with Crippen molar-refractivity contribution in [1.29, 1.82) is 0 Å². The Bertz CT molecular complexity index is 790. The average molecular weight is 340 g/mol. The number of esters is 1. The lowest BCUT2D eigenvalue weighted by molar-refractivity contribution is -0.155. The lowest BCUT2D eigenvalue weighted by Gasteiger charge is -2.33. The molecule has 0 aliphatic carbocycles. The summed E-state index contributed by atoms with van der Waals surface area (Å²) in [4.78, 5) is 15.7. The molecular formula is C19H20N2O2S. The molecule has 3 aliphatic rings. The Morgan fingerprint density at radius 3 is 2.88 bits per heavy atom. The van der Waals surface area contributed by atoms with E-state index in [0.29, 0.717) is 12.6 Å². The Labute approximate surface area is 145 Å². The second kappa shape index (κ2) is 5.14. The van der Waals surface area contributed by atoms with Crippen molar-refractivity contribution >= 4 is 17.7 Å². The molecule has 2 saturated heterocycles. The first-order chi connectivity index (χ1) is 11.8. The Morgan fingerprint density at radius 2 is 2.08 bits per heavy atom. The standard InChI is InChI=1S/C19H20N2O2S/c1-23-18(22)19-11-20-9-5-8-14(20)17(19)21-12-24-10-15(21)16(19)13-6-3-2-4-7-13/h2-9,15-17H,10-12H2,1H3/t15?,16-,17+,19-/m1/s1. The van der Waals surface area contributed by atoms with Gasteiger partial charge in [-0.1, -0.05) is 30.3 Å². The lowest BCUT2D eigenvalue weighted by atomic mass is 9.69. The molecule has 0 bridgehead atoms. The van der Waals surface area contributed by atoms with Crippen LogP contribution >= 0.6 is 11.8 Å². The molecule has 0 N–H and O–H groups in total. The zero-order chi connectivity index (χ0) is 16.3. The van der Waals surface area contributed by atoms with Gasteiger partial charge in [-0.15, -0.1) is 11.8 Å². The van der Waals surface area contributed by atoms with Gasteiger partial charge in [-0.3, -0.25) is 9.69 Å². The van der Waals surface area contributed by atoms with Crippen LogP contribution in [0, 0.1) is 5.41 Å². The van der Waals surface area contributed by atoms with Gasteiger partial charge in [0.05, 0.1) is 13.2 Å². The summed E-state index contributed by atoms with van der Waals surface area (Å²) in [5.74, 6) is 2.17. The van der Waals surface area contributed by atoms with E-state index in [1.165, 1.54) is 18.4 Å². The molecule has 3 aliphatic heterocycles. The predicted octanol–water partition coefficient (Wildman–Crippen LogP) is 2.87. The van der Waals surface area contributed by atoms with E-state index in [-0.39, 0.29) is 17.9 Å². The van der Waals surface area contributed by atoms with Gasteiger partial charge in [-0.25, -0.2) is 0 Å². The van der Waals surface area contributed by atoms with Crippen molar-refractivity contribution in [2.24, 2.45) is 5.41 Å². The van der Waals surface area contributed by atoms with Crippen LogP contribution in [0.4, 0.5) is 0 Å². The Kier molecular flexibility index (Phi) is 3.13. The first-order valence-corrected chi connectivity index (χ1v) is 9.55. The summed E-state index contributed by atoms with van der Waals surface area (Å²) in [6.45, 7) is 0.712. The number of carbonyl (C=O) groups excluding carboxylic acids is 1. The zero-order valence-corrected chi connectivity index (χ0v) is 14.4. The van der Waals surface area contributed by atoms with E-state index < -0.39 is 5.41 Å². The second-order valence-corrected chi connectivity index (χ2v) is 7.97. The summed E-state index contributed by atoms with van der Waals surface area (Å²) in [6.07, 6.45) is 2.10. The van der Waals surface area contributed by atoms with Crippen molar-refractivity contribution in [3.8, 4) is 0 Å². The molecule has 5 heteroatoms. The maximum Gasteiger partial charge on any atom is 0.316 e. The third-order valence-corrected chi connectivity index (χ3v) is 7.07. The summed E-state index contributed by atoms with van der Waals surface area (Å²) >= 11 is 1.97. The number of carbonyl (C=O) groups is 1. The summed E-state index contributed by atoms with van der Waals surface area (Å²) in [7, 11) is 1.53. The summed E-state index contributed by atoms with van der Waals surface area (Å²) in [5.41, 5.74) is 2.00. The molecule has 1 unspecified atom stereocenters. The third kappa shape index (κ3) is 1.67. The van der Waals surface area contributed by atoms with Crippen LogP contribution in [-0.2, 0) is 16.1 Å². The van der Waals surface area contributed by atoms with E-state index in [9.17, 15) is 4.79 Å². The molecule has 2 fully saturated rings. The van der Waals surface area contributed by atoms with Crippen LogP contribution < -0.4 is 0 Å². The van der Waals surface area contributed by atoms with Crippen LogP contribution in [0.3, 0.4) is 0 Å². The molecule has 0 spiro atoms. The van der Waals surface area contributed by atoms with Crippen molar-refractivity contribution in [2.45, 2.75) is 24.5 Å². The van der Waals surface area contributed by atoms with Gasteiger partial charge in [0.1, 0.15) is 5.41 Å². The maximum absolute atomic E-state index is 13.1. The van der Waals surface area contributed by atoms with E-state index in [4.69, 9.17) is 4.74 Å². The highest BCUT2D eigenvalue weighted by atomic mass is 32.2. The van der Waals surface area contributed by atoms with E-state index in [1.54, 1.807) is 0 Å². The topological polar surface area (TPSA) is 34.5 Å². The number of thioether (sulfide) groups is 1. The predicted molar refractivity (Wildman–Crippen MR) is 93.8 cm³/mol. The number of fused-ring (bicyclic) bond motifs is 5. The highest BCUT2D eigenvalue weighted by molar-refractivity contribution is 7.99. The minimum Gasteiger partial charge on any atom is -0.468 e. The van der Waals surface area contributed by atoms with E-state index in [0.717, 1.165) is 11.6 Å². The number of aromatic nitrogens is 1. The second-order valence-electron chi connectivity index (χ2n) is 6.97. The smallest absolute Gasteiger partial charge is 0.316 e. The number of ether oxygens (including phenoxy) is 1. The van der Waals surface area contributed by atoms with Crippen LogP contribution in [0.25, 0.3) is 0 Å². The molecule has 4 nitrogen and oxygen atoms in total.